The first-order chi connectivity index (χ1) is 8.16. The highest BCUT2D eigenvalue weighted by Crippen LogP contribution is 2.32. The van der Waals surface area contributed by atoms with Gasteiger partial charge in [0.2, 0.25) is 5.89 Å². The maximum absolute atomic E-state index is 5.43. The lowest BCUT2D eigenvalue weighted by Gasteiger charge is -2.22. The summed E-state index contributed by atoms with van der Waals surface area (Å²) in [5.41, 5.74) is -0.0661. The summed E-state index contributed by atoms with van der Waals surface area (Å²) in [5, 5.41) is 7.58. The van der Waals surface area contributed by atoms with Crippen molar-refractivity contribution in [3.05, 3.63) is 11.7 Å². The Labute approximate surface area is 103 Å². The second-order valence-corrected chi connectivity index (χ2v) is 5.04. The molecule has 1 fully saturated rings. The van der Waals surface area contributed by atoms with E-state index in [-0.39, 0.29) is 5.54 Å². The lowest BCUT2D eigenvalue weighted by atomic mass is 9.94. The van der Waals surface area contributed by atoms with Gasteiger partial charge in [0.05, 0.1) is 5.54 Å². The van der Waals surface area contributed by atoms with Gasteiger partial charge in [0.15, 0.2) is 5.82 Å². The molecule has 1 N–H and O–H groups in total. The highest BCUT2D eigenvalue weighted by Gasteiger charge is 2.38. The van der Waals surface area contributed by atoms with Crippen molar-refractivity contribution in [3.8, 4) is 0 Å². The minimum Gasteiger partial charge on any atom is -0.337 e. The van der Waals surface area contributed by atoms with Crippen LogP contribution >= 0.6 is 0 Å². The van der Waals surface area contributed by atoms with Gasteiger partial charge >= 0.3 is 0 Å². The predicted molar refractivity (Wildman–Crippen MR) is 65.8 cm³/mol. The number of likely N-dealkylation sites (N-methyl/N-ethyl adjacent to an activating group) is 1. The standard InChI is InChI=1S/C12H22N4O/c1-4-12(7-5-8-13-12)11-14-10(15-17-11)6-9-16(2)3/h13H,4-9H2,1-3H3. The number of hydrogen-bond acceptors (Lipinski definition) is 5. The molecular weight excluding hydrogens is 216 g/mol. The van der Waals surface area contributed by atoms with Gasteiger partial charge in [-0.2, -0.15) is 4.98 Å². The first-order valence-electron chi connectivity index (χ1n) is 6.39. The van der Waals surface area contributed by atoms with Gasteiger partial charge in [-0.05, 0) is 39.9 Å². The van der Waals surface area contributed by atoms with Crippen LogP contribution in [0.1, 0.15) is 37.9 Å². The predicted octanol–water partition coefficient (Wildman–Crippen LogP) is 1.16. The highest BCUT2D eigenvalue weighted by molar-refractivity contribution is 5.06. The Morgan fingerprint density at radius 1 is 1.47 bits per heavy atom. The lowest BCUT2D eigenvalue weighted by molar-refractivity contribution is 0.249. The van der Waals surface area contributed by atoms with Gasteiger partial charge in [-0.15, -0.1) is 0 Å². The molecule has 1 atom stereocenters. The first kappa shape index (κ1) is 12.5. The van der Waals surface area contributed by atoms with E-state index in [1.807, 2.05) is 14.1 Å². The van der Waals surface area contributed by atoms with Crippen LogP contribution in [-0.2, 0) is 12.0 Å². The Balaban J connectivity index is 2.06. The lowest BCUT2D eigenvalue weighted by Crippen LogP contribution is -2.36. The Morgan fingerprint density at radius 2 is 2.29 bits per heavy atom. The number of aromatic nitrogens is 2. The van der Waals surface area contributed by atoms with Crippen LogP contribution in [0.3, 0.4) is 0 Å². The van der Waals surface area contributed by atoms with Gasteiger partial charge in [0.1, 0.15) is 0 Å². The van der Waals surface area contributed by atoms with Gasteiger partial charge < -0.3 is 14.7 Å². The minimum absolute atomic E-state index is 0.0661. The fourth-order valence-corrected chi connectivity index (χ4v) is 2.32. The normalized spacial score (nSPS) is 24.7. The molecule has 96 valence electrons. The number of nitrogens with one attached hydrogen (secondary N) is 1. The molecule has 0 saturated carbocycles. The zero-order valence-electron chi connectivity index (χ0n) is 11.0. The summed E-state index contributed by atoms with van der Waals surface area (Å²) >= 11 is 0. The first-order valence-corrected chi connectivity index (χ1v) is 6.39. The third-order valence-corrected chi connectivity index (χ3v) is 3.51. The van der Waals surface area contributed by atoms with Gasteiger partial charge in [-0.3, -0.25) is 0 Å². The van der Waals surface area contributed by atoms with Crippen molar-refractivity contribution in [2.75, 3.05) is 27.2 Å². The summed E-state index contributed by atoms with van der Waals surface area (Å²) < 4.78 is 5.43. The van der Waals surface area contributed by atoms with Crippen LogP contribution in [0.15, 0.2) is 4.52 Å². The molecule has 1 aliphatic rings. The van der Waals surface area contributed by atoms with E-state index in [4.69, 9.17) is 4.52 Å². The van der Waals surface area contributed by atoms with Crippen molar-refractivity contribution in [3.63, 3.8) is 0 Å². The topological polar surface area (TPSA) is 54.2 Å². The largest absolute Gasteiger partial charge is 0.337 e. The molecule has 5 nitrogen and oxygen atoms in total. The number of nitrogens with zero attached hydrogens (tertiary/aromatic N) is 3. The minimum atomic E-state index is -0.0661. The molecular formula is C12H22N4O. The quantitative estimate of drug-likeness (QED) is 0.834. The van der Waals surface area contributed by atoms with Crippen LogP contribution in [0, 0.1) is 0 Å². The van der Waals surface area contributed by atoms with E-state index in [2.05, 4.69) is 27.3 Å². The summed E-state index contributed by atoms with van der Waals surface area (Å²) in [7, 11) is 4.10. The van der Waals surface area contributed by atoms with Crippen LogP contribution in [0.4, 0.5) is 0 Å². The molecule has 1 aromatic rings. The summed E-state index contributed by atoms with van der Waals surface area (Å²) in [5.74, 6) is 1.58. The Kier molecular flexibility index (Phi) is 3.79. The van der Waals surface area contributed by atoms with Crippen LogP contribution in [0.2, 0.25) is 0 Å². The van der Waals surface area contributed by atoms with Gasteiger partial charge in [-0.25, -0.2) is 0 Å². The summed E-state index contributed by atoms with van der Waals surface area (Å²) in [6.45, 7) is 4.16. The summed E-state index contributed by atoms with van der Waals surface area (Å²) in [6, 6.07) is 0. The second kappa shape index (κ2) is 5.14. The Bertz CT molecular complexity index is 355. The van der Waals surface area contributed by atoms with Gasteiger partial charge in [-0.1, -0.05) is 12.1 Å². The van der Waals surface area contributed by atoms with Crippen molar-refractivity contribution >= 4 is 0 Å². The molecule has 0 bridgehead atoms. The van der Waals surface area contributed by atoms with Crippen LogP contribution < -0.4 is 5.32 Å². The van der Waals surface area contributed by atoms with Crippen molar-refractivity contribution in [1.82, 2.24) is 20.4 Å². The number of hydrogen-bond donors (Lipinski definition) is 1. The average molecular weight is 238 g/mol. The second-order valence-electron chi connectivity index (χ2n) is 5.04. The van der Waals surface area contributed by atoms with E-state index in [1.165, 1.54) is 6.42 Å². The van der Waals surface area contributed by atoms with E-state index < -0.39 is 0 Å². The molecule has 2 rings (SSSR count). The van der Waals surface area contributed by atoms with Crippen LogP contribution in [0.25, 0.3) is 0 Å². The highest BCUT2D eigenvalue weighted by atomic mass is 16.5. The molecule has 0 aromatic carbocycles. The van der Waals surface area contributed by atoms with Crippen molar-refractivity contribution in [1.29, 1.82) is 0 Å². The van der Waals surface area contributed by atoms with Crippen molar-refractivity contribution < 1.29 is 4.52 Å². The third kappa shape index (κ3) is 2.66. The maximum atomic E-state index is 5.43. The molecule has 0 amide bonds. The van der Waals surface area contributed by atoms with Crippen molar-refractivity contribution in [2.24, 2.45) is 0 Å². The number of rotatable bonds is 5. The van der Waals surface area contributed by atoms with E-state index in [9.17, 15) is 0 Å². The van der Waals surface area contributed by atoms with E-state index >= 15 is 0 Å². The fraction of sp³-hybridized carbons (Fsp3) is 0.833. The van der Waals surface area contributed by atoms with E-state index in [1.54, 1.807) is 0 Å². The van der Waals surface area contributed by atoms with E-state index in [0.717, 1.165) is 44.1 Å². The molecule has 1 aliphatic heterocycles. The molecule has 1 unspecified atom stereocenters. The summed E-state index contributed by atoms with van der Waals surface area (Å²) in [6.07, 6.45) is 4.13. The Hall–Kier alpha value is -0.940. The Morgan fingerprint density at radius 3 is 2.88 bits per heavy atom. The molecule has 1 saturated heterocycles. The SMILES string of the molecule is CCC1(c2nc(CCN(C)C)no2)CCCN1. The third-order valence-electron chi connectivity index (χ3n) is 3.51. The van der Waals surface area contributed by atoms with Gasteiger partial charge in [0, 0.05) is 13.0 Å². The molecule has 0 spiro atoms. The maximum Gasteiger partial charge on any atom is 0.246 e. The summed E-state index contributed by atoms with van der Waals surface area (Å²) in [4.78, 5) is 6.66. The molecule has 1 aromatic heterocycles. The molecule has 0 aliphatic carbocycles. The zero-order chi connectivity index (χ0) is 12.3. The monoisotopic (exact) mass is 238 g/mol. The smallest absolute Gasteiger partial charge is 0.246 e. The van der Waals surface area contributed by atoms with Crippen LogP contribution in [-0.4, -0.2) is 42.2 Å². The fourth-order valence-electron chi connectivity index (χ4n) is 2.32. The van der Waals surface area contributed by atoms with E-state index in [0.29, 0.717) is 0 Å². The van der Waals surface area contributed by atoms with Crippen molar-refractivity contribution in [2.45, 2.75) is 38.1 Å². The molecule has 0 radical (unpaired) electrons. The molecule has 17 heavy (non-hydrogen) atoms. The molecule has 5 heteroatoms. The average Bonchev–Trinajstić information content (AvgIpc) is 2.96. The zero-order valence-corrected chi connectivity index (χ0v) is 11.0. The van der Waals surface area contributed by atoms with Gasteiger partial charge in [0.25, 0.3) is 0 Å². The van der Waals surface area contributed by atoms with Crippen LogP contribution in [0.5, 0.6) is 0 Å². The molecule has 2 heterocycles.